The number of nitrogens with one attached hydrogen (secondary N) is 1. The molecule has 0 radical (unpaired) electrons. The molecule has 0 aliphatic heterocycles. The van der Waals surface area contributed by atoms with E-state index in [-0.39, 0.29) is 11.8 Å². The highest BCUT2D eigenvalue weighted by Crippen LogP contribution is 2.23. The molecule has 2 aromatic rings. The summed E-state index contributed by atoms with van der Waals surface area (Å²) in [6, 6.07) is 7.20. The lowest BCUT2D eigenvalue weighted by molar-refractivity contribution is -0.113. The van der Waals surface area contributed by atoms with E-state index in [1.807, 2.05) is 12.1 Å². The van der Waals surface area contributed by atoms with Crippen LogP contribution >= 0.6 is 34.7 Å². The van der Waals surface area contributed by atoms with E-state index in [9.17, 15) is 4.79 Å². The van der Waals surface area contributed by atoms with Crippen LogP contribution in [0.5, 0.6) is 0 Å². The molecule has 1 aromatic carbocycles. The number of carbonyl (C=O) groups is 1. The quantitative estimate of drug-likeness (QED) is 0.883. The monoisotopic (exact) mass is 287 g/mol. The SMILES string of the molecule is O=C(CCl)Nc1nc(-c2cccc(Cl)c2)ns1. The van der Waals surface area contributed by atoms with Crippen LogP contribution in [0.25, 0.3) is 11.4 Å². The Morgan fingerprint density at radius 2 is 2.29 bits per heavy atom. The van der Waals surface area contributed by atoms with E-state index in [0.717, 1.165) is 17.1 Å². The van der Waals surface area contributed by atoms with Crippen LogP contribution in [-0.4, -0.2) is 21.1 Å². The Labute approximate surface area is 112 Å². The fourth-order valence-electron chi connectivity index (χ4n) is 1.17. The number of rotatable bonds is 3. The molecule has 2 rings (SSSR count). The van der Waals surface area contributed by atoms with Gasteiger partial charge in [-0.2, -0.15) is 9.36 Å². The van der Waals surface area contributed by atoms with Crippen molar-refractivity contribution in [3.8, 4) is 11.4 Å². The largest absolute Gasteiger partial charge is 0.300 e. The number of carbonyl (C=O) groups excluding carboxylic acids is 1. The molecule has 0 saturated heterocycles. The second kappa shape index (κ2) is 5.44. The minimum atomic E-state index is -0.305. The number of aromatic nitrogens is 2. The highest BCUT2D eigenvalue weighted by atomic mass is 35.5. The number of amides is 1. The van der Waals surface area contributed by atoms with Crippen molar-refractivity contribution in [3.05, 3.63) is 29.3 Å². The van der Waals surface area contributed by atoms with E-state index in [1.165, 1.54) is 0 Å². The van der Waals surface area contributed by atoms with Crippen LogP contribution < -0.4 is 5.32 Å². The van der Waals surface area contributed by atoms with Gasteiger partial charge in [-0.3, -0.25) is 10.1 Å². The van der Waals surface area contributed by atoms with E-state index in [2.05, 4.69) is 14.7 Å². The lowest BCUT2D eigenvalue weighted by atomic mass is 10.2. The summed E-state index contributed by atoms with van der Waals surface area (Å²) in [5, 5.41) is 3.57. The molecule has 0 aliphatic carbocycles. The topological polar surface area (TPSA) is 54.9 Å². The number of halogens is 2. The molecule has 88 valence electrons. The van der Waals surface area contributed by atoms with Crippen molar-refractivity contribution in [1.29, 1.82) is 0 Å². The molecular weight excluding hydrogens is 281 g/mol. The van der Waals surface area contributed by atoms with Crippen LogP contribution in [0.1, 0.15) is 0 Å². The van der Waals surface area contributed by atoms with Gasteiger partial charge in [-0.05, 0) is 12.1 Å². The van der Waals surface area contributed by atoms with Crippen molar-refractivity contribution >= 4 is 45.8 Å². The highest BCUT2D eigenvalue weighted by molar-refractivity contribution is 7.10. The lowest BCUT2D eigenvalue weighted by Crippen LogP contribution is -2.12. The van der Waals surface area contributed by atoms with Crippen molar-refractivity contribution < 1.29 is 4.79 Å². The summed E-state index contributed by atoms with van der Waals surface area (Å²) in [7, 11) is 0. The first kappa shape index (κ1) is 12.3. The van der Waals surface area contributed by atoms with E-state index in [1.54, 1.807) is 12.1 Å². The number of nitrogens with zero attached hydrogens (tertiary/aromatic N) is 2. The highest BCUT2D eigenvalue weighted by Gasteiger charge is 2.08. The Morgan fingerprint density at radius 1 is 1.47 bits per heavy atom. The molecule has 0 atom stereocenters. The molecule has 0 bridgehead atoms. The lowest BCUT2D eigenvalue weighted by Gasteiger charge is -1.96. The van der Waals surface area contributed by atoms with E-state index in [4.69, 9.17) is 23.2 Å². The van der Waals surface area contributed by atoms with Crippen LogP contribution in [0.4, 0.5) is 5.13 Å². The molecule has 17 heavy (non-hydrogen) atoms. The van der Waals surface area contributed by atoms with E-state index < -0.39 is 0 Å². The summed E-state index contributed by atoms with van der Waals surface area (Å²) < 4.78 is 4.13. The average Bonchev–Trinajstić information content (AvgIpc) is 2.77. The summed E-state index contributed by atoms with van der Waals surface area (Å²) in [6.45, 7) is 0. The third-order valence-electron chi connectivity index (χ3n) is 1.88. The number of anilines is 1. The predicted octanol–water partition coefficient (Wildman–Crippen LogP) is 3.04. The van der Waals surface area contributed by atoms with Gasteiger partial charge in [0.1, 0.15) is 5.88 Å². The molecule has 7 heteroatoms. The summed E-state index contributed by atoms with van der Waals surface area (Å²) >= 11 is 12.3. The van der Waals surface area contributed by atoms with Gasteiger partial charge in [0.05, 0.1) is 0 Å². The minimum Gasteiger partial charge on any atom is -0.300 e. The van der Waals surface area contributed by atoms with Crippen LogP contribution in [0.3, 0.4) is 0 Å². The van der Waals surface area contributed by atoms with Crippen molar-refractivity contribution in [2.75, 3.05) is 11.2 Å². The van der Waals surface area contributed by atoms with Crippen molar-refractivity contribution in [1.82, 2.24) is 9.36 Å². The molecule has 0 unspecified atom stereocenters. The second-order valence-corrected chi connectivity index (χ2v) is 4.57. The maximum absolute atomic E-state index is 11.1. The van der Waals surface area contributed by atoms with Gasteiger partial charge in [0.2, 0.25) is 11.0 Å². The maximum Gasteiger partial charge on any atom is 0.241 e. The zero-order chi connectivity index (χ0) is 12.3. The molecule has 1 N–H and O–H groups in total. The first-order valence-electron chi connectivity index (χ1n) is 4.64. The number of alkyl halides is 1. The van der Waals surface area contributed by atoms with Gasteiger partial charge in [-0.15, -0.1) is 11.6 Å². The van der Waals surface area contributed by atoms with Crippen LogP contribution in [0.2, 0.25) is 5.02 Å². The van der Waals surface area contributed by atoms with Gasteiger partial charge in [0.25, 0.3) is 0 Å². The molecule has 1 heterocycles. The van der Waals surface area contributed by atoms with E-state index >= 15 is 0 Å². The first-order chi connectivity index (χ1) is 8.19. The van der Waals surface area contributed by atoms with Crippen molar-refractivity contribution in [2.24, 2.45) is 0 Å². The fraction of sp³-hybridized carbons (Fsp3) is 0.100. The summed E-state index contributed by atoms with van der Waals surface area (Å²) in [4.78, 5) is 15.2. The molecule has 0 spiro atoms. The number of hydrogen-bond donors (Lipinski definition) is 1. The van der Waals surface area contributed by atoms with Gasteiger partial charge < -0.3 is 0 Å². The molecule has 0 fully saturated rings. The zero-order valence-corrected chi connectivity index (χ0v) is 10.8. The molecule has 0 saturated carbocycles. The third-order valence-corrected chi connectivity index (χ3v) is 2.98. The van der Waals surface area contributed by atoms with Gasteiger partial charge in [0, 0.05) is 22.1 Å². The Morgan fingerprint density at radius 3 is 3.00 bits per heavy atom. The van der Waals surface area contributed by atoms with Crippen LogP contribution in [0, 0.1) is 0 Å². The normalized spacial score (nSPS) is 10.2. The molecule has 1 aromatic heterocycles. The average molecular weight is 288 g/mol. The molecule has 0 aliphatic rings. The standard InChI is InChI=1S/C10H7Cl2N3OS/c11-5-8(16)13-10-14-9(15-17-10)6-2-1-3-7(12)4-6/h1-4H,5H2,(H,13,14,15,16). The minimum absolute atomic E-state index is 0.105. The summed E-state index contributed by atoms with van der Waals surface area (Å²) in [5.41, 5.74) is 0.806. The van der Waals surface area contributed by atoms with Gasteiger partial charge >= 0.3 is 0 Å². The Bertz CT molecular complexity index is 544. The molecular formula is C10H7Cl2N3OS. The van der Waals surface area contributed by atoms with Gasteiger partial charge in [-0.1, -0.05) is 23.7 Å². The third kappa shape index (κ3) is 3.15. The molecule has 4 nitrogen and oxygen atoms in total. The van der Waals surface area contributed by atoms with Crippen molar-refractivity contribution in [2.45, 2.75) is 0 Å². The zero-order valence-electron chi connectivity index (χ0n) is 8.48. The maximum atomic E-state index is 11.1. The Hall–Kier alpha value is -1.17. The van der Waals surface area contributed by atoms with Crippen molar-refractivity contribution in [3.63, 3.8) is 0 Å². The van der Waals surface area contributed by atoms with Crippen LogP contribution in [-0.2, 0) is 4.79 Å². The summed E-state index contributed by atoms with van der Waals surface area (Å²) in [5.74, 6) is 0.120. The van der Waals surface area contributed by atoms with Gasteiger partial charge in [0.15, 0.2) is 5.82 Å². The van der Waals surface area contributed by atoms with Crippen LogP contribution in [0.15, 0.2) is 24.3 Å². The number of benzene rings is 1. The Balaban J connectivity index is 2.21. The predicted molar refractivity (Wildman–Crippen MR) is 69.7 cm³/mol. The fourth-order valence-corrected chi connectivity index (χ4v) is 2.03. The van der Waals surface area contributed by atoms with E-state index in [0.29, 0.717) is 16.0 Å². The smallest absolute Gasteiger partial charge is 0.241 e. The molecule has 1 amide bonds. The Kier molecular flexibility index (Phi) is 3.93. The summed E-state index contributed by atoms with van der Waals surface area (Å²) in [6.07, 6.45) is 0. The van der Waals surface area contributed by atoms with Gasteiger partial charge in [-0.25, -0.2) is 0 Å². The number of hydrogen-bond acceptors (Lipinski definition) is 4. The first-order valence-corrected chi connectivity index (χ1v) is 6.33. The second-order valence-electron chi connectivity index (χ2n) is 3.12.